The van der Waals surface area contributed by atoms with E-state index in [0.29, 0.717) is 24.1 Å². The van der Waals surface area contributed by atoms with Gasteiger partial charge in [-0.3, -0.25) is 20.7 Å². The van der Waals surface area contributed by atoms with Gasteiger partial charge in [0.2, 0.25) is 5.91 Å². The minimum Gasteiger partial charge on any atom is -0.381 e. The molecule has 0 radical (unpaired) electrons. The Hall–Kier alpha value is -0.690. The third-order valence-corrected chi connectivity index (χ3v) is 8.34. The van der Waals surface area contributed by atoms with Crippen molar-refractivity contribution in [3.8, 4) is 0 Å². The van der Waals surface area contributed by atoms with E-state index in [0.717, 1.165) is 50.6 Å². The van der Waals surface area contributed by atoms with Gasteiger partial charge in [-0.1, -0.05) is 19.3 Å². The molecule has 0 aromatic heterocycles. The fourth-order valence-electron chi connectivity index (χ4n) is 6.25. The number of rotatable bonds is 6. The molecule has 4 N–H and O–H groups in total. The number of ether oxygens (including phenoxy) is 1. The van der Waals surface area contributed by atoms with E-state index in [1.54, 1.807) is 0 Å². The molecule has 172 valence electrons. The number of hydrogen-bond acceptors (Lipinski definition) is 5. The van der Waals surface area contributed by atoms with Crippen LogP contribution in [-0.2, 0) is 9.53 Å². The average molecular weight is 421 g/mol. The molecule has 3 aliphatic carbocycles. The van der Waals surface area contributed by atoms with E-state index in [4.69, 9.17) is 4.74 Å². The summed E-state index contributed by atoms with van der Waals surface area (Å²) in [4.78, 5) is 12.6. The Labute approximate surface area is 183 Å². The summed E-state index contributed by atoms with van der Waals surface area (Å²) >= 11 is 0. The molecule has 0 spiro atoms. The molecule has 0 aromatic carbocycles. The summed E-state index contributed by atoms with van der Waals surface area (Å²) in [5, 5.41) is 14.5. The summed E-state index contributed by atoms with van der Waals surface area (Å²) in [6, 6.07) is 0.956. The first kappa shape index (κ1) is 22.5. The quantitative estimate of drug-likeness (QED) is 0.532. The lowest BCUT2D eigenvalue weighted by Crippen LogP contribution is -2.63. The minimum atomic E-state index is 0.217. The number of carbonyl (C=O) groups excluding carboxylic acids is 1. The summed E-state index contributed by atoms with van der Waals surface area (Å²) in [5.74, 6) is 2.11. The highest BCUT2D eigenvalue weighted by Crippen LogP contribution is 2.32. The van der Waals surface area contributed by atoms with Crippen LogP contribution in [0.2, 0.25) is 0 Å². The van der Waals surface area contributed by atoms with Gasteiger partial charge in [-0.15, -0.1) is 0 Å². The molecular weight excluding hydrogens is 376 g/mol. The van der Waals surface area contributed by atoms with Crippen molar-refractivity contribution < 1.29 is 9.53 Å². The zero-order chi connectivity index (χ0) is 20.8. The van der Waals surface area contributed by atoms with E-state index in [-0.39, 0.29) is 12.2 Å². The van der Waals surface area contributed by atoms with Crippen LogP contribution in [0.15, 0.2) is 0 Å². The third-order valence-electron chi connectivity index (χ3n) is 8.34. The fraction of sp³-hybridized carbons (Fsp3) is 0.958. The molecule has 4 fully saturated rings. The van der Waals surface area contributed by atoms with Crippen LogP contribution in [0.5, 0.6) is 0 Å². The largest absolute Gasteiger partial charge is 0.381 e. The highest BCUT2D eigenvalue weighted by Gasteiger charge is 2.32. The predicted molar refractivity (Wildman–Crippen MR) is 120 cm³/mol. The van der Waals surface area contributed by atoms with Gasteiger partial charge in [0.25, 0.3) is 0 Å². The van der Waals surface area contributed by atoms with Gasteiger partial charge in [-0.05, 0) is 76.0 Å². The molecule has 0 unspecified atom stereocenters. The lowest BCUT2D eigenvalue weighted by molar-refractivity contribution is -0.127. The van der Waals surface area contributed by atoms with Crippen molar-refractivity contribution >= 4 is 5.91 Å². The normalized spacial score (nSPS) is 38.8. The first-order chi connectivity index (χ1) is 14.7. The summed E-state index contributed by atoms with van der Waals surface area (Å²) in [6.45, 7) is 2.21. The van der Waals surface area contributed by atoms with Gasteiger partial charge in [-0.25, -0.2) is 0 Å². The van der Waals surface area contributed by atoms with E-state index in [1.807, 2.05) is 7.11 Å². The molecule has 1 amide bonds. The molecule has 6 nitrogen and oxygen atoms in total. The lowest BCUT2D eigenvalue weighted by atomic mass is 9.78. The summed E-state index contributed by atoms with van der Waals surface area (Å²) in [6.07, 6.45) is 16.2. The molecule has 1 heterocycles. The van der Waals surface area contributed by atoms with Crippen LogP contribution in [0.1, 0.15) is 83.5 Å². The van der Waals surface area contributed by atoms with Crippen molar-refractivity contribution in [1.29, 1.82) is 0 Å². The SMILES string of the molecule is COC1CCC(C2CNC(NC3CCC(C(=O)NC4CCCCC4)CC3)NC2)CC1. The molecule has 4 aliphatic rings. The molecule has 0 atom stereocenters. The summed E-state index contributed by atoms with van der Waals surface area (Å²) in [5.41, 5.74) is 0. The maximum absolute atomic E-state index is 12.6. The third kappa shape index (κ3) is 6.18. The standard InChI is InChI=1S/C24H44N4O2/c1-30-22-13-9-17(10-14-22)19-15-25-24(26-16-19)28-21-11-7-18(8-12-21)23(29)27-20-5-3-2-4-6-20/h17-22,24-26,28H,2-16H2,1H3,(H,27,29). The van der Waals surface area contributed by atoms with Crippen LogP contribution < -0.4 is 21.3 Å². The van der Waals surface area contributed by atoms with Crippen LogP contribution in [0.25, 0.3) is 0 Å². The first-order valence-corrected chi connectivity index (χ1v) is 12.8. The second-order valence-electron chi connectivity index (χ2n) is 10.3. The van der Waals surface area contributed by atoms with E-state index >= 15 is 0 Å². The summed E-state index contributed by atoms with van der Waals surface area (Å²) in [7, 11) is 1.85. The molecule has 3 saturated carbocycles. The van der Waals surface area contributed by atoms with Crippen molar-refractivity contribution in [2.45, 2.75) is 108 Å². The molecule has 0 aromatic rings. The van der Waals surface area contributed by atoms with Crippen molar-refractivity contribution in [2.24, 2.45) is 17.8 Å². The molecule has 6 heteroatoms. The maximum Gasteiger partial charge on any atom is 0.223 e. The van der Waals surface area contributed by atoms with E-state index in [1.165, 1.54) is 57.8 Å². The molecule has 0 bridgehead atoms. The van der Waals surface area contributed by atoms with Crippen molar-refractivity contribution in [2.75, 3.05) is 20.2 Å². The Bertz CT molecular complexity index is 515. The van der Waals surface area contributed by atoms with Crippen molar-refractivity contribution in [3.63, 3.8) is 0 Å². The molecule has 1 aliphatic heterocycles. The maximum atomic E-state index is 12.6. The Morgan fingerprint density at radius 2 is 1.43 bits per heavy atom. The molecule has 4 rings (SSSR count). The lowest BCUT2D eigenvalue weighted by Gasteiger charge is -2.40. The van der Waals surface area contributed by atoms with E-state index < -0.39 is 0 Å². The van der Waals surface area contributed by atoms with Gasteiger partial charge in [-0.2, -0.15) is 0 Å². The van der Waals surface area contributed by atoms with Crippen LogP contribution in [0, 0.1) is 17.8 Å². The van der Waals surface area contributed by atoms with E-state index in [2.05, 4.69) is 21.3 Å². The molecular formula is C24H44N4O2. The number of carbonyl (C=O) groups is 1. The van der Waals surface area contributed by atoms with Crippen LogP contribution in [-0.4, -0.2) is 50.6 Å². The fourth-order valence-corrected chi connectivity index (χ4v) is 6.25. The first-order valence-electron chi connectivity index (χ1n) is 12.8. The second-order valence-corrected chi connectivity index (χ2v) is 10.3. The van der Waals surface area contributed by atoms with Gasteiger partial charge in [0.05, 0.1) is 6.10 Å². The smallest absolute Gasteiger partial charge is 0.223 e. The monoisotopic (exact) mass is 420 g/mol. The number of hydrogen-bond donors (Lipinski definition) is 4. The summed E-state index contributed by atoms with van der Waals surface area (Å²) < 4.78 is 5.52. The van der Waals surface area contributed by atoms with Gasteiger partial charge in [0.1, 0.15) is 6.29 Å². The van der Waals surface area contributed by atoms with Gasteiger partial charge >= 0.3 is 0 Å². The Kier molecular flexibility index (Phi) is 8.44. The molecule has 30 heavy (non-hydrogen) atoms. The topological polar surface area (TPSA) is 74.4 Å². The van der Waals surface area contributed by atoms with Crippen molar-refractivity contribution in [1.82, 2.24) is 21.3 Å². The van der Waals surface area contributed by atoms with Crippen LogP contribution >= 0.6 is 0 Å². The van der Waals surface area contributed by atoms with E-state index in [9.17, 15) is 4.79 Å². The number of amides is 1. The van der Waals surface area contributed by atoms with Gasteiger partial charge in [0.15, 0.2) is 0 Å². The number of methoxy groups -OCH3 is 1. The minimum absolute atomic E-state index is 0.217. The molecule has 1 saturated heterocycles. The highest BCUT2D eigenvalue weighted by atomic mass is 16.5. The Morgan fingerprint density at radius 3 is 2.07 bits per heavy atom. The highest BCUT2D eigenvalue weighted by molar-refractivity contribution is 5.79. The van der Waals surface area contributed by atoms with Gasteiger partial charge in [0, 0.05) is 38.2 Å². The van der Waals surface area contributed by atoms with Crippen LogP contribution in [0.4, 0.5) is 0 Å². The zero-order valence-corrected chi connectivity index (χ0v) is 19.0. The average Bonchev–Trinajstić information content (AvgIpc) is 2.81. The Balaban J connectivity index is 1.11. The van der Waals surface area contributed by atoms with Crippen molar-refractivity contribution in [3.05, 3.63) is 0 Å². The zero-order valence-electron chi connectivity index (χ0n) is 19.0. The predicted octanol–water partition coefficient (Wildman–Crippen LogP) is 2.88. The van der Waals surface area contributed by atoms with Crippen LogP contribution in [0.3, 0.4) is 0 Å². The Morgan fingerprint density at radius 1 is 0.767 bits per heavy atom. The van der Waals surface area contributed by atoms with Gasteiger partial charge < -0.3 is 10.1 Å². The second kappa shape index (κ2) is 11.3. The number of nitrogens with one attached hydrogen (secondary N) is 4.